The van der Waals surface area contributed by atoms with Gasteiger partial charge < -0.3 is 20.1 Å². The van der Waals surface area contributed by atoms with Crippen molar-refractivity contribution >= 4 is 11.7 Å². The zero-order valence-electron chi connectivity index (χ0n) is 20.3. The summed E-state index contributed by atoms with van der Waals surface area (Å²) >= 11 is 0. The van der Waals surface area contributed by atoms with E-state index in [-0.39, 0.29) is 18.0 Å². The summed E-state index contributed by atoms with van der Waals surface area (Å²) < 4.78 is 11.5. The molecule has 1 saturated carbocycles. The molecule has 1 heterocycles. The van der Waals surface area contributed by atoms with E-state index in [1.807, 2.05) is 48.5 Å². The summed E-state index contributed by atoms with van der Waals surface area (Å²) in [6.07, 6.45) is 6.05. The van der Waals surface area contributed by atoms with E-state index in [0.29, 0.717) is 19.1 Å². The lowest BCUT2D eigenvalue weighted by atomic mass is 9.86. The molecule has 2 amide bonds. The molecule has 0 spiro atoms. The van der Waals surface area contributed by atoms with Crippen molar-refractivity contribution in [2.45, 2.75) is 51.0 Å². The van der Waals surface area contributed by atoms with Gasteiger partial charge in [0.05, 0.1) is 0 Å². The van der Waals surface area contributed by atoms with Crippen molar-refractivity contribution in [2.24, 2.45) is 5.92 Å². The lowest BCUT2D eigenvalue weighted by Gasteiger charge is -2.29. The number of carbonyl (C=O) groups is 1. The summed E-state index contributed by atoms with van der Waals surface area (Å²) in [7, 11) is 0. The van der Waals surface area contributed by atoms with E-state index >= 15 is 0 Å². The molecule has 1 aliphatic carbocycles. The topological polar surface area (TPSA) is 59.6 Å². The second-order valence-electron chi connectivity index (χ2n) is 9.73. The average Bonchev–Trinajstić information content (AvgIpc) is 3.42. The molecule has 0 saturated heterocycles. The number of nitrogens with one attached hydrogen (secondary N) is 2. The molecule has 3 aromatic carbocycles. The summed E-state index contributed by atoms with van der Waals surface area (Å²) in [4.78, 5) is 13.1. The van der Waals surface area contributed by atoms with Crippen molar-refractivity contribution in [1.29, 1.82) is 0 Å². The summed E-state index contributed by atoms with van der Waals surface area (Å²) in [6, 6.07) is 24.3. The Kier molecular flexibility index (Phi) is 7.22. The Balaban J connectivity index is 1.27. The van der Waals surface area contributed by atoms with Gasteiger partial charge in [0.15, 0.2) is 11.5 Å². The van der Waals surface area contributed by atoms with Crippen LogP contribution < -0.4 is 20.1 Å². The molecule has 35 heavy (non-hydrogen) atoms. The lowest BCUT2D eigenvalue weighted by molar-refractivity contribution is 0.171. The van der Waals surface area contributed by atoms with Gasteiger partial charge in [0.25, 0.3) is 0 Å². The Bertz CT molecular complexity index is 1120. The Morgan fingerprint density at radius 3 is 2.31 bits per heavy atom. The smallest absolute Gasteiger partial charge is 0.319 e. The number of amides is 2. The zero-order chi connectivity index (χ0) is 24.0. The molecule has 0 radical (unpaired) electrons. The molecule has 182 valence electrons. The third-order valence-corrected chi connectivity index (χ3v) is 7.32. The van der Waals surface area contributed by atoms with Gasteiger partial charge in [-0.25, -0.2) is 4.79 Å². The first kappa shape index (κ1) is 23.3. The predicted octanol–water partition coefficient (Wildman–Crippen LogP) is 7.00. The Hall–Kier alpha value is -3.47. The van der Waals surface area contributed by atoms with Crippen molar-refractivity contribution in [3.63, 3.8) is 0 Å². The minimum absolute atomic E-state index is 0.0317. The van der Waals surface area contributed by atoms with Crippen LogP contribution in [0.1, 0.15) is 50.5 Å². The van der Waals surface area contributed by atoms with Crippen LogP contribution in [0.25, 0.3) is 11.1 Å². The second-order valence-corrected chi connectivity index (χ2v) is 9.73. The van der Waals surface area contributed by atoms with E-state index in [2.05, 4.69) is 41.8 Å². The highest BCUT2D eigenvalue weighted by Crippen LogP contribution is 2.36. The van der Waals surface area contributed by atoms with Crippen LogP contribution in [0.2, 0.25) is 0 Å². The van der Waals surface area contributed by atoms with E-state index in [1.54, 1.807) is 0 Å². The fourth-order valence-electron chi connectivity index (χ4n) is 5.28. The average molecular weight is 471 g/mol. The van der Waals surface area contributed by atoms with Gasteiger partial charge >= 0.3 is 6.03 Å². The largest absolute Gasteiger partial charge is 0.486 e. The van der Waals surface area contributed by atoms with Crippen LogP contribution in [0.5, 0.6) is 11.5 Å². The van der Waals surface area contributed by atoms with E-state index in [0.717, 1.165) is 40.3 Å². The Morgan fingerprint density at radius 2 is 1.57 bits per heavy atom. The molecule has 1 aliphatic heterocycles. The highest BCUT2D eigenvalue weighted by Gasteiger charge is 2.27. The van der Waals surface area contributed by atoms with E-state index < -0.39 is 0 Å². The van der Waals surface area contributed by atoms with Crippen LogP contribution in [0.3, 0.4) is 0 Å². The predicted molar refractivity (Wildman–Crippen MR) is 140 cm³/mol. The van der Waals surface area contributed by atoms with Gasteiger partial charge in [-0.2, -0.15) is 0 Å². The molecule has 5 nitrogen and oxygen atoms in total. The second kappa shape index (κ2) is 10.9. The lowest BCUT2D eigenvalue weighted by Crippen LogP contribution is -2.42. The normalized spacial score (nSPS) is 16.9. The van der Waals surface area contributed by atoms with Gasteiger partial charge in [0.2, 0.25) is 0 Å². The number of hydrogen-bond acceptors (Lipinski definition) is 3. The summed E-state index contributed by atoms with van der Waals surface area (Å²) in [6.45, 7) is 3.35. The number of hydrogen-bond donors (Lipinski definition) is 2. The number of ether oxygens (including phenoxy) is 2. The minimum Gasteiger partial charge on any atom is -0.486 e. The quantitative estimate of drug-likeness (QED) is 0.391. The number of fused-ring (bicyclic) bond motifs is 1. The van der Waals surface area contributed by atoms with Gasteiger partial charge in [-0.05, 0) is 53.3 Å². The van der Waals surface area contributed by atoms with Crippen molar-refractivity contribution in [3.8, 4) is 22.6 Å². The molecule has 2 aliphatic rings. The molecule has 3 aromatic rings. The minimum atomic E-state index is -0.162. The van der Waals surface area contributed by atoms with Gasteiger partial charge in [-0.3, -0.25) is 0 Å². The highest BCUT2D eigenvalue weighted by molar-refractivity contribution is 5.89. The monoisotopic (exact) mass is 470 g/mol. The van der Waals surface area contributed by atoms with Crippen LogP contribution in [0.4, 0.5) is 10.5 Å². The molecule has 0 aromatic heterocycles. The molecule has 2 unspecified atom stereocenters. The molecular formula is C30H34N2O3. The van der Waals surface area contributed by atoms with E-state index in [1.165, 1.54) is 25.7 Å². The first-order chi connectivity index (χ1) is 17.2. The fraction of sp³-hybridized carbons (Fsp3) is 0.367. The molecule has 5 heteroatoms. The van der Waals surface area contributed by atoms with Gasteiger partial charge in [-0.15, -0.1) is 0 Å². The van der Waals surface area contributed by atoms with Crippen molar-refractivity contribution in [2.75, 3.05) is 18.5 Å². The number of anilines is 1. The number of benzene rings is 3. The third kappa shape index (κ3) is 5.79. The molecule has 5 rings (SSSR count). The number of carbonyl (C=O) groups excluding carboxylic acids is 1. The highest BCUT2D eigenvalue weighted by atomic mass is 16.6. The molecule has 0 bridgehead atoms. The van der Waals surface area contributed by atoms with E-state index in [4.69, 9.17) is 9.47 Å². The van der Waals surface area contributed by atoms with Crippen LogP contribution in [0, 0.1) is 5.92 Å². The summed E-state index contributed by atoms with van der Waals surface area (Å²) in [5.41, 5.74) is 4.23. The van der Waals surface area contributed by atoms with Crippen LogP contribution in [0.15, 0.2) is 72.8 Å². The molecule has 2 N–H and O–H groups in total. The Morgan fingerprint density at radius 1 is 0.886 bits per heavy atom. The standard InChI is InChI=1S/C30H34N2O3/c1-21(25-13-16-28-29(20-25)35-18-17-34-28)27(19-22-7-5-6-8-22)32-30(33)31-26-14-11-24(12-15-26)23-9-3-2-4-10-23/h2-4,9-16,20-22,27H,5-8,17-19H2,1H3,(H2,31,32,33). The zero-order valence-corrected chi connectivity index (χ0v) is 20.3. The number of rotatable bonds is 7. The van der Waals surface area contributed by atoms with Crippen LogP contribution in [-0.2, 0) is 0 Å². The van der Waals surface area contributed by atoms with Gasteiger partial charge in [-0.1, -0.05) is 81.1 Å². The number of urea groups is 1. The molecule has 1 fully saturated rings. The Labute approximate surface area is 207 Å². The van der Waals surface area contributed by atoms with Crippen molar-refractivity contribution in [1.82, 2.24) is 5.32 Å². The fourth-order valence-corrected chi connectivity index (χ4v) is 5.28. The van der Waals surface area contributed by atoms with E-state index in [9.17, 15) is 4.79 Å². The summed E-state index contributed by atoms with van der Waals surface area (Å²) in [5.74, 6) is 2.40. The third-order valence-electron chi connectivity index (χ3n) is 7.32. The first-order valence-electron chi connectivity index (χ1n) is 12.8. The van der Waals surface area contributed by atoms with Crippen molar-refractivity contribution < 1.29 is 14.3 Å². The van der Waals surface area contributed by atoms with Crippen LogP contribution >= 0.6 is 0 Å². The van der Waals surface area contributed by atoms with Crippen molar-refractivity contribution in [3.05, 3.63) is 78.4 Å². The summed E-state index contributed by atoms with van der Waals surface area (Å²) in [5, 5.41) is 6.33. The van der Waals surface area contributed by atoms with Gasteiger partial charge in [0.1, 0.15) is 13.2 Å². The SMILES string of the molecule is CC(c1ccc2c(c1)OCCO2)C(CC1CCCC1)NC(=O)Nc1ccc(-c2ccccc2)cc1. The first-order valence-corrected chi connectivity index (χ1v) is 12.8. The van der Waals surface area contributed by atoms with Crippen LogP contribution in [-0.4, -0.2) is 25.3 Å². The maximum absolute atomic E-state index is 13.1. The van der Waals surface area contributed by atoms with Gasteiger partial charge in [0, 0.05) is 17.6 Å². The maximum atomic E-state index is 13.1. The maximum Gasteiger partial charge on any atom is 0.319 e. The molecule has 2 atom stereocenters. The molecular weight excluding hydrogens is 436 g/mol.